The van der Waals surface area contributed by atoms with E-state index in [1.807, 2.05) is 39.8 Å². The summed E-state index contributed by atoms with van der Waals surface area (Å²) in [7, 11) is 1.74. The fourth-order valence-corrected chi connectivity index (χ4v) is 1.49. The molecule has 0 aromatic carbocycles. The molecular formula is C13H22N2O2. The predicted octanol–water partition coefficient (Wildman–Crippen LogP) is 1.92. The molecule has 96 valence electrons. The summed E-state index contributed by atoms with van der Waals surface area (Å²) in [5.74, 6) is 1.56. The van der Waals surface area contributed by atoms with E-state index in [9.17, 15) is 4.79 Å². The molecule has 0 aliphatic carbocycles. The summed E-state index contributed by atoms with van der Waals surface area (Å²) in [5.41, 5.74) is 5.70. The van der Waals surface area contributed by atoms with Gasteiger partial charge in [0.2, 0.25) is 5.91 Å². The van der Waals surface area contributed by atoms with Crippen molar-refractivity contribution >= 4 is 5.91 Å². The molecule has 17 heavy (non-hydrogen) atoms. The Kier molecular flexibility index (Phi) is 3.98. The Morgan fingerprint density at radius 1 is 1.47 bits per heavy atom. The Bertz CT molecular complexity index is 390. The van der Waals surface area contributed by atoms with Crippen molar-refractivity contribution in [2.45, 2.75) is 40.3 Å². The number of likely N-dealkylation sites (N-methyl/N-ethyl adjacent to an activating group) is 1. The van der Waals surface area contributed by atoms with Crippen molar-refractivity contribution in [1.29, 1.82) is 0 Å². The first-order chi connectivity index (χ1) is 7.71. The Hall–Kier alpha value is -1.29. The fraction of sp³-hybridized carbons (Fsp3) is 0.615. The van der Waals surface area contributed by atoms with Gasteiger partial charge in [-0.2, -0.15) is 0 Å². The first-order valence-corrected chi connectivity index (χ1v) is 5.77. The monoisotopic (exact) mass is 238 g/mol. The number of aryl methyl sites for hydroxylation is 1. The maximum atomic E-state index is 12.1. The first-order valence-electron chi connectivity index (χ1n) is 5.77. The van der Waals surface area contributed by atoms with Gasteiger partial charge >= 0.3 is 0 Å². The van der Waals surface area contributed by atoms with E-state index in [0.717, 1.165) is 11.5 Å². The van der Waals surface area contributed by atoms with E-state index in [0.29, 0.717) is 6.54 Å². The minimum Gasteiger partial charge on any atom is -0.464 e. The lowest BCUT2D eigenvalue weighted by Gasteiger charge is -2.29. The molecule has 1 heterocycles. The normalized spacial score (nSPS) is 13.5. The maximum absolute atomic E-state index is 12.1. The molecule has 4 nitrogen and oxygen atoms in total. The van der Waals surface area contributed by atoms with Crippen LogP contribution in [0.5, 0.6) is 0 Å². The van der Waals surface area contributed by atoms with Crippen LogP contribution in [-0.4, -0.2) is 23.9 Å². The molecule has 0 saturated heterocycles. The molecule has 2 N–H and O–H groups in total. The van der Waals surface area contributed by atoms with Crippen LogP contribution in [0.3, 0.4) is 0 Å². The molecule has 0 saturated carbocycles. The maximum Gasteiger partial charge on any atom is 0.240 e. The van der Waals surface area contributed by atoms with Gasteiger partial charge in [0.1, 0.15) is 11.5 Å². The van der Waals surface area contributed by atoms with Gasteiger partial charge in [-0.3, -0.25) is 4.79 Å². The lowest BCUT2D eigenvalue weighted by Crippen LogP contribution is -2.48. The molecular weight excluding hydrogens is 216 g/mol. The van der Waals surface area contributed by atoms with Crippen LogP contribution in [0.2, 0.25) is 0 Å². The Labute approximate surface area is 103 Å². The first kappa shape index (κ1) is 13.8. The third kappa shape index (κ3) is 3.60. The molecule has 1 amide bonds. The third-order valence-corrected chi connectivity index (χ3v) is 2.76. The zero-order valence-corrected chi connectivity index (χ0v) is 11.3. The molecule has 1 aromatic rings. The van der Waals surface area contributed by atoms with Gasteiger partial charge in [0.15, 0.2) is 0 Å². The van der Waals surface area contributed by atoms with Crippen molar-refractivity contribution < 1.29 is 9.21 Å². The molecule has 0 aliphatic heterocycles. The highest BCUT2D eigenvalue weighted by atomic mass is 16.3. The van der Waals surface area contributed by atoms with Crippen molar-refractivity contribution in [2.75, 3.05) is 7.05 Å². The highest BCUT2D eigenvalue weighted by Crippen LogP contribution is 2.19. The number of rotatable bonds is 3. The number of nitrogens with zero attached hydrogens (tertiary/aromatic N) is 1. The Morgan fingerprint density at radius 2 is 2.06 bits per heavy atom. The number of carbonyl (C=O) groups is 1. The Morgan fingerprint density at radius 3 is 2.47 bits per heavy atom. The van der Waals surface area contributed by atoms with E-state index in [1.165, 1.54) is 0 Å². The molecule has 0 unspecified atom stereocenters. The molecule has 1 aromatic heterocycles. The van der Waals surface area contributed by atoms with Crippen molar-refractivity contribution in [3.8, 4) is 0 Å². The average Bonchev–Trinajstić information content (AvgIpc) is 2.60. The van der Waals surface area contributed by atoms with Gasteiger partial charge in [0.05, 0.1) is 12.6 Å². The summed E-state index contributed by atoms with van der Waals surface area (Å²) in [6.07, 6.45) is 0. The summed E-state index contributed by atoms with van der Waals surface area (Å²) in [5, 5.41) is 0. The van der Waals surface area contributed by atoms with Gasteiger partial charge < -0.3 is 15.1 Å². The predicted molar refractivity (Wildman–Crippen MR) is 67.3 cm³/mol. The van der Waals surface area contributed by atoms with E-state index >= 15 is 0 Å². The number of nitrogens with two attached hydrogens (primary N) is 1. The second-order valence-electron chi connectivity index (χ2n) is 5.55. The average molecular weight is 238 g/mol. The van der Waals surface area contributed by atoms with E-state index in [4.69, 9.17) is 10.2 Å². The summed E-state index contributed by atoms with van der Waals surface area (Å²) >= 11 is 0. The number of hydrogen-bond acceptors (Lipinski definition) is 3. The zero-order valence-electron chi connectivity index (χ0n) is 11.3. The molecule has 0 spiro atoms. The highest BCUT2D eigenvalue weighted by molar-refractivity contribution is 5.82. The van der Waals surface area contributed by atoms with Crippen molar-refractivity contribution in [1.82, 2.24) is 4.90 Å². The van der Waals surface area contributed by atoms with Crippen LogP contribution in [0, 0.1) is 12.3 Å². The topological polar surface area (TPSA) is 59.5 Å². The Balaban J connectivity index is 2.65. The minimum absolute atomic E-state index is 0.0634. The molecule has 0 fully saturated rings. The second-order valence-corrected chi connectivity index (χ2v) is 5.55. The van der Waals surface area contributed by atoms with E-state index in [1.54, 1.807) is 11.9 Å². The summed E-state index contributed by atoms with van der Waals surface area (Å²) in [6, 6.07) is 3.27. The van der Waals surface area contributed by atoms with Crippen LogP contribution in [-0.2, 0) is 11.3 Å². The summed E-state index contributed by atoms with van der Waals surface area (Å²) in [6.45, 7) is 8.21. The third-order valence-electron chi connectivity index (χ3n) is 2.76. The lowest BCUT2D eigenvalue weighted by molar-refractivity contribution is -0.134. The van der Waals surface area contributed by atoms with Crippen LogP contribution in [0.4, 0.5) is 0 Å². The number of hydrogen-bond donors (Lipinski definition) is 1. The fourth-order valence-electron chi connectivity index (χ4n) is 1.49. The summed E-state index contributed by atoms with van der Waals surface area (Å²) in [4.78, 5) is 13.7. The van der Waals surface area contributed by atoms with Gasteiger partial charge in [-0.05, 0) is 24.5 Å². The van der Waals surface area contributed by atoms with Gasteiger partial charge in [-0.25, -0.2) is 0 Å². The second kappa shape index (κ2) is 4.92. The molecule has 4 heteroatoms. The van der Waals surface area contributed by atoms with Crippen molar-refractivity contribution in [3.05, 3.63) is 23.7 Å². The standard InChI is InChI=1S/C13H22N2O2/c1-9-6-7-10(17-9)8-15(5)12(16)11(14)13(2,3)4/h6-7,11H,8,14H2,1-5H3/t11-/m1/s1. The molecule has 0 aliphatic rings. The number of amides is 1. The molecule has 1 rings (SSSR count). The SMILES string of the molecule is Cc1ccc(CN(C)C(=O)[C@@H](N)C(C)(C)C)o1. The van der Waals surface area contributed by atoms with Gasteiger partial charge in [-0.15, -0.1) is 0 Å². The van der Waals surface area contributed by atoms with Crippen LogP contribution < -0.4 is 5.73 Å². The number of carbonyl (C=O) groups excluding carboxylic acids is 1. The summed E-state index contributed by atoms with van der Waals surface area (Å²) < 4.78 is 5.43. The molecule has 0 bridgehead atoms. The lowest BCUT2D eigenvalue weighted by atomic mass is 9.86. The molecule has 0 radical (unpaired) electrons. The van der Waals surface area contributed by atoms with Crippen LogP contribution in [0.15, 0.2) is 16.5 Å². The van der Waals surface area contributed by atoms with Crippen LogP contribution in [0.25, 0.3) is 0 Å². The van der Waals surface area contributed by atoms with Crippen molar-refractivity contribution in [3.63, 3.8) is 0 Å². The molecule has 1 atom stereocenters. The van der Waals surface area contributed by atoms with Crippen LogP contribution >= 0.6 is 0 Å². The smallest absolute Gasteiger partial charge is 0.240 e. The van der Waals surface area contributed by atoms with Gasteiger partial charge in [-0.1, -0.05) is 20.8 Å². The quantitative estimate of drug-likeness (QED) is 0.875. The van der Waals surface area contributed by atoms with Gasteiger partial charge in [0.25, 0.3) is 0 Å². The van der Waals surface area contributed by atoms with Crippen LogP contribution in [0.1, 0.15) is 32.3 Å². The van der Waals surface area contributed by atoms with E-state index in [-0.39, 0.29) is 11.3 Å². The van der Waals surface area contributed by atoms with E-state index in [2.05, 4.69) is 0 Å². The van der Waals surface area contributed by atoms with Gasteiger partial charge in [0, 0.05) is 7.05 Å². The largest absolute Gasteiger partial charge is 0.464 e. The number of furan rings is 1. The minimum atomic E-state index is -0.497. The zero-order chi connectivity index (χ0) is 13.2. The van der Waals surface area contributed by atoms with E-state index < -0.39 is 6.04 Å². The van der Waals surface area contributed by atoms with Crippen molar-refractivity contribution in [2.24, 2.45) is 11.1 Å². The highest BCUT2D eigenvalue weighted by Gasteiger charge is 2.29.